The third kappa shape index (κ3) is 12.7. The van der Waals surface area contributed by atoms with Crippen molar-refractivity contribution < 1.29 is 65.2 Å². The zero-order valence-electron chi connectivity index (χ0n) is 26.9. The van der Waals surface area contributed by atoms with Crippen LogP contribution < -0.4 is 15.4 Å². The number of carbonyl (C=O) groups is 4. The molecule has 2 aliphatic heterocycles. The fraction of sp³-hybridized carbons (Fsp3) is 0.367. The first kappa shape index (κ1) is 41.0. The maximum atomic E-state index is 12.9. The SMILES string of the molecule is COCC(=O)N1CCN(C(=O)COc2ccc3cc2CCc2cncc(c2)Nc2ncc(Cl)c(n2)N3)CC1.O=C(O)C(F)(F)F.O=C(O)C(F)(F)F. The molecule has 0 radical (unpaired) electrons. The van der Waals surface area contributed by atoms with Gasteiger partial charge in [-0.25, -0.2) is 14.6 Å². The lowest BCUT2D eigenvalue weighted by atomic mass is 10.0. The Hall–Kier alpha value is -5.44. The Morgan fingerprint density at radius 3 is 1.96 bits per heavy atom. The molecule has 0 saturated carbocycles. The third-order valence-corrected chi connectivity index (χ3v) is 7.17. The molecule has 282 valence electrons. The van der Waals surface area contributed by atoms with Crippen molar-refractivity contribution in [2.24, 2.45) is 0 Å². The summed E-state index contributed by atoms with van der Waals surface area (Å²) < 4.78 is 74.4. The Bertz CT molecular complexity index is 1720. The molecule has 2 aliphatic rings. The number of benzene rings is 1. The topological polar surface area (TPSA) is 196 Å². The molecule has 0 spiro atoms. The average Bonchev–Trinajstić information content (AvgIpc) is 3.08. The second-order valence-electron chi connectivity index (χ2n) is 10.6. The molecule has 15 nitrogen and oxygen atoms in total. The Kier molecular flexibility index (Phi) is 14.3. The number of nitrogens with one attached hydrogen (secondary N) is 2. The van der Waals surface area contributed by atoms with E-state index in [1.807, 2.05) is 30.5 Å². The minimum atomic E-state index is -5.08. The highest BCUT2D eigenvalue weighted by atomic mass is 35.5. The summed E-state index contributed by atoms with van der Waals surface area (Å²) in [6.07, 6.45) is -3.72. The monoisotopic (exact) mass is 765 g/mol. The number of carbonyl (C=O) groups excluding carboxylic acids is 2. The predicted molar refractivity (Wildman–Crippen MR) is 170 cm³/mol. The van der Waals surface area contributed by atoms with Crippen LogP contribution in [0.15, 0.2) is 42.9 Å². The summed E-state index contributed by atoms with van der Waals surface area (Å²) >= 11 is 6.34. The summed E-state index contributed by atoms with van der Waals surface area (Å²) in [5, 5.41) is 21.1. The fourth-order valence-electron chi connectivity index (χ4n) is 4.40. The van der Waals surface area contributed by atoms with Gasteiger partial charge in [-0.2, -0.15) is 31.3 Å². The van der Waals surface area contributed by atoms with Crippen molar-refractivity contribution in [3.63, 3.8) is 0 Å². The van der Waals surface area contributed by atoms with E-state index in [1.165, 1.54) is 13.3 Å². The maximum Gasteiger partial charge on any atom is 0.490 e. The predicted octanol–water partition coefficient (Wildman–Crippen LogP) is 4.07. The number of aliphatic carboxylic acids is 2. The molecule has 0 unspecified atom stereocenters. The van der Waals surface area contributed by atoms with Crippen LogP contribution in [0.25, 0.3) is 0 Å². The summed E-state index contributed by atoms with van der Waals surface area (Å²) in [5.74, 6) is -4.21. The fourth-order valence-corrected chi connectivity index (χ4v) is 4.53. The number of aromatic nitrogens is 3. The van der Waals surface area contributed by atoms with E-state index in [0.717, 1.165) is 22.5 Å². The van der Waals surface area contributed by atoms with Crippen LogP contribution in [0.1, 0.15) is 11.1 Å². The van der Waals surface area contributed by atoms with E-state index < -0.39 is 24.3 Å². The highest BCUT2D eigenvalue weighted by Crippen LogP contribution is 2.30. The molecule has 5 rings (SSSR count). The second-order valence-corrected chi connectivity index (χ2v) is 11.0. The molecule has 2 aromatic heterocycles. The van der Waals surface area contributed by atoms with Crippen molar-refractivity contribution in [3.8, 4) is 5.75 Å². The van der Waals surface area contributed by atoms with Gasteiger partial charge < -0.3 is 40.1 Å². The van der Waals surface area contributed by atoms with Gasteiger partial charge >= 0.3 is 24.3 Å². The highest BCUT2D eigenvalue weighted by Gasteiger charge is 2.39. The number of methoxy groups -OCH3 is 1. The van der Waals surface area contributed by atoms with Gasteiger partial charge in [0, 0.05) is 45.2 Å². The number of halogens is 7. The van der Waals surface area contributed by atoms with Crippen molar-refractivity contribution in [1.29, 1.82) is 0 Å². The van der Waals surface area contributed by atoms with Gasteiger partial charge in [0.1, 0.15) is 17.4 Å². The number of nitrogens with zero attached hydrogens (tertiary/aromatic N) is 5. The molecule has 2 amide bonds. The quantitative estimate of drug-likeness (QED) is 0.272. The third-order valence-electron chi connectivity index (χ3n) is 6.89. The van der Waals surface area contributed by atoms with E-state index in [1.54, 1.807) is 16.0 Å². The first-order chi connectivity index (χ1) is 24.4. The normalized spacial score (nSPS) is 13.8. The lowest BCUT2D eigenvalue weighted by molar-refractivity contribution is -0.193. The first-order valence-corrected chi connectivity index (χ1v) is 15.2. The number of pyridine rings is 1. The summed E-state index contributed by atoms with van der Waals surface area (Å²) in [4.78, 5) is 59.2. The molecule has 0 aliphatic carbocycles. The van der Waals surface area contributed by atoms with Gasteiger partial charge in [0.15, 0.2) is 12.4 Å². The number of fused-ring (bicyclic) bond motifs is 6. The molecule has 3 aromatic rings. The summed E-state index contributed by atoms with van der Waals surface area (Å²) in [7, 11) is 1.49. The van der Waals surface area contributed by atoms with Gasteiger partial charge in [-0.05, 0) is 48.2 Å². The Balaban J connectivity index is 0.000000441. The van der Waals surface area contributed by atoms with E-state index >= 15 is 0 Å². The van der Waals surface area contributed by atoms with E-state index in [9.17, 15) is 35.9 Å². The molecule has 0 atom stereocenters. The molecular weight excluding hydrogens is 736 g/mol. The smallest absolute Gasteiger partial charge is 0.483 e. The standard InChI is InChI=1S/C26H28ClN7O4.2C2HF3O2/c1-37-15-23(35)33-6-8-34(9-7-33)24(36)16-38-22-5-4-19-11-18(22)3-2-17-10-20(13-28-12-17)31-26-29-14-21(27)25(30-19)32-26;2*3-2(4,5)1(6)7/h4-5,10-14H,2-3,6-9,15-16H2,1H3,(H2,29,30,31,32);2*(H,6,7). The van der Waals surface area contributed by atoms with Gasteiger partial charge in [-0.3, -0.25) is 14.6 Å². The lowest BCUT2D eigenvalue weighted by Gasteiger charge is -2.34. The van der Waals surface area contributed by atoms with Crippen molar-refractivity contribution in [1.82, 2.24) is 24.8 Å². The van der Waals surface area contributed by atoms with Crippen LogP contribution in [0.5, 0.6) is 5.75 Å². The van der Waals surface area contributed by atoms with Gasteiger partial charge in [0.2, 0.25) is 11.9 Å². The van der Waals surface area contributed by atoms with Gasteiger partial charge in [-0.15, -0.1) is 0 Å². The van der Waals surface area contributed by atoms with E-state index in [4.69, 9.17) is 40.9 Å². The number of amides is 2. The minimum Gasteiger partial charge on any atom is -0.483 e. The molecule has 4 N–H and O–H groups in total. The Labute approximate surface area is 295 Å². The molecule has 4 heterocycles. The Morgan fingerprint density at radius 2 is 1.40 bits per heavy atom. The van der Waals surface area contributed by atoms with Crippen LogP contribution in [0.2, 0.25) is 5.02 Å². The highest BCUT2D eigenvalue weighted by molar-refractivity contribution is 6.32. The molecule has 52 heavy (non-hydrogen) atoms. The van der Waals surface area contributed by atoms with Crippen molar-refractivity contribution in [2.75, 3.05) is 57.1 Å². The summed E-state index contributed by atoms with van der Waals surface area (Å²) in [6.45, 7) is 1.85. The summed E-state index contributed by atoms with van der Waals surface area (Å²) in [5.41, 5.74) is 3.52. The molecular formula is C30H30ClF6N7O8. The van der Waals surface area contributed by atoms with Crippen LogP contribution in [0.4, 0.5) is 49.5 Å². The number of alkyl halides is 6. The maximum absolute atomic E-state index is 12.9. The molecule has 6 bridgehead atoms. The molecule has 1 aromatic carbocycles. The number of piperazine rings is 1. The van der Waals surface area contributed by atoms with Crippen molar-refractivity contribution in [2.45, 2.75) is 25.2 Å². The van der Waals surface area contributed by atoms with Crippen molar-refractivity contribution >= 4 is 58.5 Å². The number of anilines is 4. The number of carboxylic acids is 2. The lowest BCUT2D eigenvalue weighted by Crippen LogP contribution is -2.52. The van der Waals surface area contributed by atoms with E-state index in [0.29, 0.717) is 61.6 Å². The first-order valence-electron chi connectivity index (χ1n) is 14.8. The average molecular weight is 766 g/mol. The summed E-state index contributed by atoms with van der Waals surface area (Å²) in [6, 6.07) is 7.67. The zero-order chi connectivity index (χ0) is 38.6. The number of hydrogen-bond acceptors (Lipinski definition) is 11. The number of hydrogen-bond donors (Lipinski definition) is 4. The Morgan fingerprint density at radius 1 is 0.827 bits per heavy atom. The number of ether oxygens (including phenoxy) is 2. The zero-order valence-corrected chi connectivity index (χ0v) is 27.7. The number of carboxylic acid groups (broad SMARTS) is 2. The van der Waals surface area contributed by atoms with Crippen molar-refractivity contribution in [3.05, 3.63) is 59.0 Å². The van der Waals surface area contributed by atoms with Gasteiger partial charge in [0.05, 0.1) is 18.1 Å². The number of rotatable bonds is 5. The van der Waals surface area contributed by atoms with E-state index in [2.05, 4.69) is 25.6 Å². The second kappa shape index (κ2) is 18.2. The van der Waals surface area contributed by atoms with Crippen LogP contribution in [0.3, 0.4) is 0 Å². The number of aryl methyl sites for hydroxylation is 2. The minimum absolute atomic E-state index is 0.0478. The van der Waals surface area contributed by atoms with Gasteiger partial charge in [-0.1, -0.05) is 11.6 Å². The van der Waals surface area contributed by atoms with Crippen LogP contribution in [-0.4, -0.2) is 118 Å². The van der Waals surface area contributed by atoms with Gasteiger partial charge in [0.25, 0.3) is 5.91 Å². The van der Waals surface area contributed by atoms with E-state index in [-0.39, 0.29) is 25.0 Å². The van der Waals surface area contributed by atoms with Crippen LogP contribution in [-0.2, 0) is 36.8 Å². The molecule has 1 saturated heterocycles. The molecule has 1 fully saturated rings. The van der Waals surface area contributed by atoms with Crippen LogP contribution in [0, 0.1) is 0 Å². The largest absolute Gasteiger partial charge is 0.490 e. The molecule has 22 heteroatoms. The van der Waals surface area contributed by atoms with Crippen LogP contribution >= 0.6 is 11.6 Å².